The fourth-order valence-electron chi connectivity index (χ4n) is 9.92. The van der Waals surface area contributed by atoms with Gasteiger partial charge in [0, 0.05) is 69.2 Å². The molecule has 45 heavy (non-hydrogen) atoms. The largest absolute Gasteiger partial charge is 0.444 e. The molecule has 7 fully saturated rings. The summed E-state index contributed by atoms with van der Waals surface area (Å²) in [5, 5.41) is 3.39. The van der Waals surface area contributed by atoms with Crippen LogP contribution < -0.4 is 5.32 Å². The molecule has 3 amide bonds. The van der Waals surface area contributed by atoms with Crippen molar-refractivity contribution in [1.29, 1.82) is 0 Å². The fourth-order valence-corrected chi connectivity index (χ4v) is 9.92. The predicted octanol–water partition coefficient (Wildman–Crippen LogP) is 5.17. The second-order valence-electron chi connectivity index (χ2n) is 16.2. The first-order valence-corrected chi connectivity index (χ1v) is 18.7. The van der Waals surface area contributed by atoms with E-state index in [1.807, 2.05) is 25.7 Å². The van der Waals surface area contributed by atoms with Crippen LogP contribution in [0.5, 0.6) is 0 Å². The van der Waals surface area contributed by atoms with Crippen LogP contribution in [0.3, 0.4) is 0 Å². The molecule has 9 heteroatoms. The highest BCUT2D eigenvalue weighted by molar-refractivity contribution is 5.80. The van der Waals surface area contributed by atoms with Crippen molar-refractivity contribution in [2.75, 3.05) is 39.3 Å². The Morgan fingerprint density at radius 3 is 1.62 bits per heavy atom. The maximum atomic E-state index is 12.7. The Morgan fingerprint density at radius 2 is 1.11 bits per heavy atom. The van der Waals surface area contributed by atoms with Gasteiger partial charge in [0.05, 0.1) is 0 Å². The summed E-state index contributed by atoms with van der Waals surface area (Å²) < 4.78 is 5.52. The third-order valence-electron chi connectivity index (χ3n) is 12.1. The van der Waals surface area contributed by atoms with Gasteiger partial charge in [0.2, 0.25) is 11.8 Å². The molecule has 0 aromatic heterocycles. The van der Waals surface area contributed by atoms with Gasteiger partial charge in [0.15, 0.2) is 0 Å². The standard InChI is InChI=1S/C23H39N3O3.C13H22N2O/c1-23(2,3)29-22(28)25-14-8-18(9-15-25)24-12-10-19(11-13-24)26-20-7-5-4-6-17(20)16-21(26)27;16-13-9-10-3-1-2-4-12(10)15(13)11-5-7-14-8-6-11/h17-20H,4-16H2,1-3H3;10-12,14H,1-9H2/t17-,20+;10-,12+/m00/s1. The van der Waals surface area contributed by atoms with Gasteiger partial charge in [-0.25, -0.2) is 4.79 Å². The first kappa shape index (κ1) is 33.0. The predicted molar refractivity (Wildman–Crippen MR) is 176 cm³/mol. The van der Waals surface area contributed by atoms with Crippen LogP contribution in [0.1, 0.15) is 124 Å². The van der Waals surface area contributed by atoms with E-state index in [-0.39, 0.29) is 6.09 Å². The molecule has 0 aromatic rings. The molecule has 2 saturated carbocycles. The Hall–Kier alpha value is -1.87. The summed E-state index contributed by atoms with van der Waals surface area (Å²) in [6.45, 7) is 11.7. The number of rotatable bonds is 3. The highest BCUT2D eigenvalue weighted by Gasteiger charge is 2.45. The number of amides is 3. The lowest BCUT2D eigenvalue weighted by Crippen LogP contribution is -2.53. The molecule has 5 aliphatic heterocycles. The summed E-state index contributed by atoms with van der Waals surface area (Å²) in [6, 6.07) is 2.69. The SMILES string of the molecule is CC(C)(C)OC(=O)N1CCC(N2CCC(N3C(=O)C[C@@H]4CCCC[C@H]43)CC2)CC1.O=C1C[C@@H]2CCCC[C@H]2N1C1CCNCC1. The molecular formula is C36H61N5O4. The van der Waals surface area contributed by atoms with E-state index < -0.39 is 5.60 Å². The number of nitrogens with zero attached hydrogens (tertiary/aromatic N) is 4. The molecule has 0 unspecified atom stereocenters. The van der Waals surface area contributed by atoms with Crippen molar-refractivity contribution < 1.29 is 19.1 Å². The van der Waals surface area contributed by atoms with Crippen LogP contribution in [-0.2, 0) is 14.3 Å². The quantitative estimate of drug-likeness (QED) is 0.465. The lowest BCUT2D eigenvalue weighted by molar-refractivity contribution is -0.133. The lowest BCUT2D eigenvalue weighted by atomic mass is 9.84. The minimum Gasteiger partial charge on any atom is -0.444 e. The molecular weight excluding hydrogens is 566 g/mol. The third kappa shape index (κ3) is 7.82. The van der Waals surface area contributed by atoms with Gasteiger partial charge in [0.1, 0.15) is 5.60 Å². The van der Waals surface area contributed by atoms with Crippen LogP contribution in [-0.4, -0.2) is 113 Å². The second kappa shape index (κ2) is 14.5. The molecule has 4 atom stereocenters. The van der Waals surface area contributed by atoms with Gasteiger partial charge >= 0.3 is 6.09 Å². The highest BCUT2D eigenvalue weighted by Crippen LogP contribution is 2.41. The van der Waals surface area contributed by atoms with Gasteiger partial charge in [-0.15, -0.1) is 0 Å². The van der Waals surface area contributed by atoms with E-state index in [9.17, 15) is 14.4 Å². The van der Waals surface area contributed by atoms with Crippen LogP contribution >= 0.6 is 0 Å². The Morgan fingerprint density at radius 1 is 0.644 bits per heavy atom. The van der Waals surface area contributed by atoms with Crippen LogP contribution in [0.25, 0.3) is 0 Å². The van der Waals surface area contributed by atoms with Gasteiger partial charge in [-0.05, 0) is 110 Å². The Kier molecular flexibility index (Phi) is 10.6. The monoisotopic (exact) mass is 627 g/mol. The number of likely N-dealkylation sites (tertiary alicyclic amines) is 4. The Labute approximate surface area is 272 Å². The zero-order valence-electron chi connectivity index (χ0n) is 28.5. The van der Waals surface area contributed by atoms with E-state index in [1.54, 1.807) is 0 Å². The van der Waals surface area contributed by atoms with E-state index in [1.165, 1.54) is 51.4 Å². The van der Waals surface area contributed by atoms with Crippen molar-refractivity contribution in [2.45, 2.75) is 159 Å². The van der Waals surface area contributed by atoms with Crippen molar-refractivity contribution in [3.63, 3.8) is 0 Å². The molecule has 1 N–H and O–H groups in total. The summed E-state index contributed by atoms with van der Waals surface area (Å²) in [5.41, 5.74) is -0.430. The van der Waals surface area contributed by atoms with Gasteiger partial charge in [0.25, 0.3) is 0 Å². The molecule has 0 radical (unpaired) electrons. The van der Waals surface area contributed by atoms with Gasteiger partial charge in [-0.3, -0.25) is 9.59 Å². The first-order chi connectivity index (χ1) is 21.7. The molecule has 9 nitrogen and oxygen atoms in total. The minimum absolute atomic E-state index is 0.177. The average Bonchev–Trinajstić information content (AvgIpc) is 3.56. The third-order valence-corrected chi connectivity index (χ3v) is 12.1. The van der Waals surface area contributed by atoms with Crippen LogP contribution in [0, 0.1) is 11.8 Å². The average molecular weight is 628 g/mol. The summed E-state index contributed by atoms with van der Waals surface area (Å²) in [6.07, 6.45) is 18.4. The second-order valence-corrected chi connectivity index (χ2v) is 16.2. The van der Waals surface area contributed by atoms with Crippen LogP contribution in [0.15, 0.2) is 0 Å². The van der Waals surface area contributed by atoms with Gasteiger partial charge in [-0.1, -0.05) is 25.7 Å². The highest BCUT2D eigenvalue weighted by atomic mass is 16.6. The van der Waals surface area contributed by atoms with Gasteiger partial charge < -0.3 is 29.7 Å². The first-order valence-electron chi connectivity index (χ1n) is 18.7. The molecule has 0 spiro atoms. The number of ether oxygens (including phenoxy) is 1. The summed E-state index contributed by atoms with van der Waals surface area (Å²) >= 11 is 0. The van der Waals surface area contributed by atoms with Crippen molar-refractivity contribution >= 4 is 17.9 Å². The van der Waals surface area contributed by atoms with E-state index in [0.29, 0.717) is 53.9 Å². The van der Waals surface area contributed by atoms with Crippen molar-refractivity contribution in [3.05, 3.63) is 0 Å². The number of carbonyl (C=O) groups is 3. The van der Waals surface area contributed by atoms with E-state index in [4.69, 9.17) is 4.74 Å². The zero-order valence-corrected chi connectivity index (χ0v) is 28.5. The van der Waals surface area contributed by atoms with Crippen molar-refractivity contribution in [3.8, 4) is 0 Å². The molecule has 2 aliphatic carbocycles. The minimum atomic E-state index is -0.430. The van der Waals surface area contributed by atoms with Crippen LogP contribution in [0.4, 0.5) is 4.79 Å². The molecule has 7 aliphatic rings. The Balaban J connectivity index is 0.000000187. The molecule has 5 saturated heterocycles. The lowest BCUT2D eigenvalue weighted by Gasteiger charge is -2.45. The smallest absolute Gasteiger partial charge is 0.410 e. The van der Waals surface area contributed by atoms with Crippen molar-refractivity contribution in [2.24, 2.45) is 11.8 Å². The van der Waals surface area contributed by atoms with E-state index in [2.05, 4.69) is 20.0 Å². The number of nitrogens with one attached hydrogen (secondary N) is 1. The van der Waals surface area contributed by atoms with E-state index in [0.717, 1.165) is 90.6 Å². The number of carbonyl (C=O) groups excluding carboxylic acids is 3. The summed E-state index contributed by atoms with van der Waals surface area (Å²) in [4.78, 5) is 46.2. The zero-order chi connectivity index (χ0) is 31.6. The number of hydrogen-bond donors (Lipinski definition) is 1. The van der Waals surface area contributed by atoms with Gasteiger partial charge in [-0.2, -0.15) is 0 Å². The molecule has 5 heterocycles. The molecule has 0 bridgehead atoms. The molecule has 7 rings (SSSR count). The molecule has 254 valence electrons. The summed E-state index contributed by atoms with van der Waals surface area (Å²) in [7, 11) is 0. The van der Waals surface area contributed by atoms with Crippen LogP contribution in [0.2, 0.25) is 0 Å². The van der Waals surface area contributed by atoms with E-state index >= 15 is 0 Å². The van der Waals surface area contributed by atoms with Crippen molar-refractivity contribution in [1.82, 2.24) is 24.9 Å². The number of hydrogen-bond acceptors (Lipinski definition) is 6. The molecule has 0 aromatic carbocycles. The normalized spacial score (nSPS) is 32.6. The topological polar surface area (TPSA) is 85.4 Å². The number of piperidine rings is 3. The maximum absolute atomic E-state index is 12.7. The fraction of sp³-hybridized carbons (Fsp3) is 0.917. The number of fused-ring (bicyclic) bond motifs is 2. The Bertz CT molecular complexity index is 1020. The maximum Gasteiger partial charge on any atom is 0.410 e. The summed E-state index contributed by atoms with van der Waals surface area (Å²) in [5.74, 6) is 2.19.